The van der Waals surface area contributed by atoms with Gasteiger partial charge in [-0.15, -0.1) is 0 Å². The summed E-state index contributed by atoms with van der Waals surface area (Å²) in [5.41, 5.74) is 1.95. The third-order valence-corrected chi connectivity index (χ3v) is 4.67. The maximum Gasteiger partial charge on any atom is 0.275 e. The van der Waals surface area contributed by atoms with E-state index in [1.807, 2.05) is 23.6 Å². The average Bonchev–Trinajstić information content (AvgIpc) is 3.34. The van der Waals surface area contributed by atoms with Crippen LogP contribution in [0.15, 0.2) is 69.0 Å². The van der Waals surface area contributed by atoms with Crippen LogP contribution in [0.25, 0.3) is 0 Å². The van der Waals surface area contributed by atoms with E-state index in [1.165, 1.54) is 16.3 Å². The second-order valence-corrected chi connectivity index (χ2v) is 6.24. The molecule has 3 aromatic rings. The molecule has 2 aromatic heterocycles. The summed E-state index contributed by atoms with van der Waals surface area (Å²) < 4.78 is 5.42. The van der Waals surface area contributed by atoms with Gasteiger partial charge in [-0.25, -0.2) is 5.01 Å². The minimum absolute atomic E-state index is 0.154. The summed E-state index contributed by atoms with van der Waals surface area (Å²) >= 11 is 1.46. The zero-order valence-corrected chi connectivity index (χ0v) is 13.4. The van der Waals surface area contributed by atoms with E-state index in [0.717, 1.165) is 0 Å². The number of phenols is 1. The van der Waals surface area contributed by atoms with Crippen LogP contribution in [0, 0.1) is 0 Å². The van der Waals surface area contributed by atoms with Gasteiger partial charge in [-0.05, 0) is 29.6 Å². The first-order valence-corrected chi connectivity index (χ1v) is 8.43. The number of carbonyl (C=O) groups excluding carboxylic acids is 1. The van der Waals surface area contributed by atoms with E-state index in [0.29, 0.717) is 29.0 Å². The quantitative estimate of drug-likeness (QED) is 0.784. The van der Waals surface area contributed by atoms with E-state index in [2.05, 4.69) is 5.10 Å². The number of amides is 1. The number of rotatable bonds is 3. The summed E-state index contributed by atoms with van der Waals surface area (Å²) in [5.74, 6) is 0.601. The number of furan rings is 1. The number of phenolic OH excluding ortho intramolecular Hbond substituents is 1. The van der Waals surface area contributed by atoms with Crippen molar-refractivity contribution in [3.05, 3.63) is 76.4 Å². The van der Waals surface area contributed by atoms with Crippen LogP contribution in [-0.4, -0.2) is 21.7 Å². The Morgan fingerprint density at radius 1 is 1.25 bits per heavy atom. The number of nitrogens with zero attached hydrogens (tertiary/aromatic N) is 2. The molecule has 0 aliphatic carbocycles. The zero-order valence-electron chi connectivity index (χ0n) is 12.6. The van der Waals surface area contributed by atoms with E-state index in [1.54, 1.807) is 35.9 Å². The second-order valence-electron chi connectivity index (χ2n) is 5.46. The number of hydrogen-bond acceptors (Lipinski definition) is 5. The van der Waals surface area contributed by atoms with Gasteiger partial charge >= 0.3 is 0 Å². The van der Waals surface area contributed by atoms with Crippen molar-refractivity contribution < 1.29 is 14.3 Å². The first kappa shape index (κ1) is 14.7. The van der Waals surface area contributed by atoms with Gasteiger partial charge < -0.3 is 9.52 Å². The third kappa shape index (κ3) is 2.51. The Balaban J connectivity index is 1.75. The molecule has 3 heterocycles. The maximum absolute atomic E-state index is 12.8. The molecule has 24 heavy (non-hydrogen) atoms. The summed E-state index contributed by atoms with van der Waals surface area (Å²) in [6.45, 7) is 0. The minimum atomic E-state index is -0.362. The van der Waals surface area contributed by atoms with E-state index in [4.69, 9.17) is 4.42 Å². The number of thiophene rings is 1. The van der Waals surface area contributed by atoms with Gasteiger partial charge in [0.15, 0.2) is 0 Å². The molecule has 1 atom stereocenters. The monoisotopic (exact) mass is 338 g/mol. The number of aromatic hydroxyl groups is 1. The van der Waals surface area contributed by atoms with E-state index in [-0.39, 0.29) is 17.7 Å². The molecule has 0 unspecified atom stereocenters. The van der Waals surface area contributed by atoms with Crippen molar-refractivity contribution in [3.8, 4) is 5.75 Å². The number of hydrazone groups is 1. The van der Waals surface area contributed by atoms with E-state index >= 15 is 0 Å². The van der Waals surface area contributed by atoms with Crippen molar-refractivity contribution in [1.29, 1.82) is 0 Å². The second kappa shape index (κ2) is 5.98. The maximum atomic E-state index is 12.8. The van der Waals surface area contributed by atoms with Crippen molar-refractivity contribution in [2.75, 3.05) is 0 Å². The minimum Gasteiger partial charge on any atom is -0.508 e. The van der Waals surface area contributed by atoms with Crippen LogP contribution >= 0.6 is 11.3 Å². The van der Waals surface area contributed by atoms with Gasteiger partial charge in [-0.2, -0.15) is 16.4 Å². The molecule has 1 aromatic carbocycles. The van der Waals surface area contributed by atoms with E-state index < -0.39 is 0 Å². The zero-order chi connectivity index (χ0) is 16.5. The first-order chi connectivity index (χ1) is 11.7. The van der Waals surface area contributed by atoms with Crippen molar-refractivity contribution >= 4 is 23.0 Å². The Hall–Kier alpha value is -2.86. The van der Waals surface area contributed by atoms with Gasteiger partial charge in [-0.1, -0.05) is 18.2 Å². The summed E-state index contributed by atoms with van der Waals surface area (Å²) in [5, 5.41) is 19.8. The summed E-state index contributed by atoms with van der Waals surface area (Å²) in [6.07, 6.45) is 2.07. The molecule has 0 fully saturated rings. The molecule has 1 aliphatic rings. The summed E-state index contributed by atoms with van der Waals surface area (Å²) in [4.78, 5) is 12.8. The van der Waals surface area contributed by atoms with Crippen LogP contribution in [0.3, 0.4) is 0 Å². The van der Waals surface area contributed by atoms with Gasteiger partial charge in [-0.3, -0.25) is 4.79 Å². The predicted molar refractivity (Wildman–Crippen MR) is 91.2 cm³/mol. The van der Waals surface area contributed by atoms with Crippen molar-refractivity contribution in [2.24, 2.45) is 5.10 Å². The molecule has 1 amide bonds. The van der Waals surface area contributed by atoms with Gasteiger partial charge in [0, 0.05) is 17.4 Å². The standard InChI is InChI=1S/C18H14N2O3S/c21-16-5-2-1-4-13(16)15-10-14(17-6-3-8-23-17)19-20(15)18(22)12-7-9-24-11-12/h1-9,11,15,21H,10H2/t15-/m0/s1. The Labute approximate surface area is 142 Å². The number of para-hydroxylation sites is 1. The lowest BCUT2D eigenvalue weighted by Crippen LogP contribution is -2.26. The highest BCUT2D eigenvalue weighted by Gasteiger charge is 2.35. The third-order valence-electron chi connectivity index (χ3n) is 3.99. The predicted octanol–water partition coefficient (Wildman–Crippen LogP) is 4.04. The van der Waals surface area contributed by atoms with Crippen LogP contribution < -0.4 is 0 Å². The molecule has 0 bridgehead atoms. The number of benzene rings is 1. The Bertz CT molecular complexity index is 885. The normalized spacial score (nSPS) is 17.1. The first-order valence-electron chi connectivity index (χ1n) is 7.49. The fourth-order valence-corrected chi connectivity index (χ4v) is 3.45. The molecule has 5 nitrogen and oxygen atoms in total. The topological polar surface area (TPSA) is 66.0 Å². The molecule has 4 rings (SSSR count). The van der Waals surface area contributed by atoms with Gasteiger partial charge in [0.05, 0.1) is 17.9 Å². The Kier molecular flexibility index (Phi) is 3.66. The lowest BCUT2D eigenvalue weighted by Gasteiger charge is -2.22. The lowest BCUT2D eigenvalue weighted by molar-refractivity contribution is 0.0710. The van der Waals surface area contributed by atoms with Crippen molar-refractivity contribution in [3.63, 3.8) is 0 Å². The molecule has 1 aliphatic heterocycles. The highest BCUT2D eigenvalue weighted by atomic mass is 32.1. The molecule has 6 heteroatoms. The molecule has 0 saturated heterocycles. The van der Waals surface area contributed by atoms with Gasteiger partial charge in [0.25, 0.3) is 5.91 Å². The fourth-order valence-electron chi connectivity index (χ4n) is 2.82. The lowest BCUT2D eigenvalue weighted by atomic mass is 9.99. The number of hydrogen-bond donors (Lipinski definition) is 1. The Morgan fingerprint density at radius 3 is 2.83 bits per heavy atom. The Morgan fingerprint density at radius 2 is 2.12 bits per heavy atom. The van der Waals surface area contributed by atoms with Crippen molar-refractivity contribution in [2.45, 2.75) is 12.5 Å². The molecule has 120 valence electrons. The fraction of sp³-hybridized carbons (Fsp3) is 0.111. The summed E-state index contributed by atoms with van der Waals surface area (Å²) in [6, 6.07) is 12.0. The van der Waals surface area contributed by atoms with Gasteiger partial charge in [0.1, 0.15) is 17.2 Å². The van der Waals surface area contributed by atoms with Crippen LogP contribution in [0.4, 0.5) is 0 Å². The molecular weight excluding hydrogens is 324 g/mol. The molecule has 0 spiro atoms. The SMILES string of the molecule is O=C(c1ccsc1)N1N=C(c2ccco2)C[C@H]1c1ccccc1O. The summed E-state index contributed by atoms with van der Waals surface area (Å²) in [7, 11) is 0. The van der Waals surface area contributed by atoms with E-state index in [9.17, 15) is 9.90 Å². The van der Waals surface area contributed by atoms with Crippen LogP contribution in [0.1, 0.15) is 34.1 Å². The van der Waals surface area contributed by atoms with Crippen LogP contribution in [0.2, 0.25) is 0 Å². The van der Waals surface area contributed by atoms with Crippen molar-refractivity contribution in [1.82, 2.24) is 5.01 Å². The highest BCUT2D eigenvalue weighted by Crippen LogP contribution is 2.37. The van der Waals surface area contributed by atoms with Crippen LogP contribution in [0.5, 0.6) is 5.75 Å². The molecule has 1 N–H and O–H groups in total. The smallest absolute Gasteiger partial charge is 0.275 e. The largest absolute Gasteiger partial charge is 0.508 e. The van der Waals surface area contributed by atoms with Crippen LogP contribution in [-0.2, 0) is 0 Å². The molecule has 0 radical (unpaired) electrons. The number of carbonyl (C=O) groups is 1. The van der Waals surface area contributed by atoms with Gasteiger partial charge in [0.2, 0.25) is 0 Å². The molecule has 0 saturated carbocycles. The average molecular weight is 338 g/mol. The highest BCUT2D eigenvalue weighted by molar-refractivity contribution is 7.08. The molecular formula is C18H14N2O3S.